The van der Waals surface area contributed by atoms with Crippen molar-refractivity contribution in [2.45, 2.75) is 25.2 Å². The lowest BCUT2D eigenvalue weighted by Crippen LogP contribution is -2.21. The first-order valence-corrected chi connectivity index (χ1v) is 11.3. The van der Waals surface area contributed by atoms with E-state index >= 15 is 0 Å². The number of aryl methyl sites for hydroxylation is 1. The highest BCUT2D eigenvalue weighted by Gasteiger charge is 2.27. The molecule has 0 unspecified atom stereocenters. The molecule has 168 valence electrons. The SMILES string of the molecule is Cc1cc(C(=O)CSc2nnc([C@H]3COc4ccccc4O3)o2)c(C)n1-c1ccc(F)cc1. The third-order valence-electron chi connectivity index (χ3n) is 5.35. The number of ketones is 1. The number of thioether (sulfide) groups is 1. The molecule has 0 N–H and O–H groups in total. The molecule has 1 aliphatic rings. The molecule has 0 bridgehead atoms. The van der Waals surface area contributed by atoms with Gasteiger partial charge in [0, 0.05) is 22.6 Å². The molecule has 3 heterocycles. The van der Waals surface area contributed by atoms with Crippen LogP contribution in [0.25, 0.3) is 5.69 Å². The first-order valence-electron chi connectivity index (χ1n) is 10.3. The van der Waals surface area contributed by atoms with Crippen LogP contribution in [0, 0.1) is 19.7 Å². The van der Waals surface area contributed by atoms with Gasteiger partial charge in [-0.05, 0) is 56.3 Å². The number of nitrogens with zero attached hydrogens (tertiary/aromatic N) is 3. The summed E-state index contributed by atoms with van der Waals surface area (Å²) in [5.74, 6) is 1.36. The second kappa shape index (κ2) is 8.74. The Bertz CT molecular complexity index is 1320. The van der Waals surface area contributed by atoms with E-state index in [1.54, 1.807) is 12.1 Å². The molecule has 33 heavy (non-hydrogen) atoms. The Morgan fingerprint density at radius 3 is 2.67 bits per heavy atom. The van der Waals surface area contributed by atoms with Gasteiger partial charge in [-0.1, -0.05) is 23.9 Å². The van der Waals surface area contributed by atoms with Gasteiger partial charge < -0.3 is 18.5 Å². The van der Waals surface area contributed by atoms with E-state index in [1.165, 1.54) is 23.9 Å². The summed E-state index contributed by atoms with van der Waals surface area (Å²) in [4.78, 5) is 12.9. The van der Waals surface area contributed by atoms with Crippen LogP contribution in [0.5, 0.6) is 11.5 Å². The number of Topliss-reactive ketones (excluding diaryl/α,β-unsaturated/α-hetero) is 1. The molecular formula is C24H20FN3O4S. The molecule has 0 amide bonds. The van der Waals surface area contributed by atoms with Crippen LogP contribution in [0.3, 0.4) is 0 Å². The molecule has 0 aliphatic carbocycles. The largest absolute Gasteiger partial charge is 0.485 e. The number of hydrogen-bond donors (Lipinski definition) is 0. The van der Waals surface area contributed by atoms with E-state index in [0.29, 0.717) is 23.0 Å². The molecule has 5 rings (SSSR count). The van der Waals surface area contributed by atoms with Gasteiger partial charge in [0.25, 0.3) is 11.1 Å². The van der Waals surface area contributed by atoms with E-state index in [0.717, 1.165) is 17.1 Å². The fraction of sp³-hybridized carbons (Fsp3) is 0.208. The summed E-state index contributed by atoms with van der Waals surface area (Å²) in [6, 6.07) is 15.4. The first kappa shape index (κ1) is 21.3. The Labute approximate surface area is 193 Å². The second-order valence-electron chi connectivity index (χ2n) is 7.58. The van der Waals surface area contributed by atoms with Crippen molar-refractivity contribution in [2.24, 2.45) is 0 Å². The number of para-hydroxylation sites is 2. The van der Waals surface area contributed by atoms with E-state index in [1.807, 2.05) is 48.7 Å². The average molecular weight is 466 g/mol. The van der Waals surface area contributed by atoms with Crippen LogP contribution in [-0.4, -0.2) is 32.9 Å². The minimum Gasteiger partial charge on any atom is -0.485 e. The van der Waals surface area contributed by atoms with Crippen LogP contribution in [0.15, 0.2) is 64.2 Å². The van der Waals surface area contributed by atoms with E-state index in [4.69, 9.17) is 13.9 Å². The second-order valence-corrected chi connectivity index (χ2v) is 8.51. The lowest BCUT2D eigenvalue weighted by molar-refractivity contribution is 0.0686. The molecule has 9 heteroatoms. The molecule has 0 saturated heterocycles. The number of fused-ring (bicyclic) bond motifs is 1. The maximum absolute atomic E-state index is 13.3. The van der Waals surface area contributed by atoms with Crippen molar-refractivity contribution in [1.29, 1.82) is 0 Å². The fourth-order valence-corrected chi connectivity index (χ4v) is 4.44. The summed E-state index contributed by atoms with van der Waals surface area (Å²) in [6.45, 7) is 4.05. The minimum atomic E-state index is -0.507. The zero-order valence-corrected chi connectivity index (χ0v) is 18.8. The van der Waals surface area contributed by atoms with Crippen molar-refractivity contribution in [1.82, 2.24) is 14.8 Å². The van der Waals surface area contributed by atoms with Crippen molar-refractivity contribution in [3.05, 3.63) is 83.3 Å². The first-order chi connectivity index (χ1) is 16.0. The molecule has 0 saturated carbocycles. The number of halogens is 1. The number of hydrogen-bond acceptors (Lipinski definition) is 7. The lowest BCUT2D eigenvalue weighted by atomic mass is 10.2. The zero-order valence-electron chi connectivity index (χ0n) is 17.9. The maximum Gasteiger partial charge on any atom is 0.277 e. The minimum absolute atomic E-state index is 0.0626. The Morgan fingerprint density at radius 1 is 1.12 bits per heavy atom. The fourth-order valence-electron chi connectivity index (χ4n) is 3.79. The number of carbonyl (C=O) groups excluding carboxylic acids is 1. The molecule has 2 aromatic carbocycles. The van der Waals surface area contributed by atoms with E-state index in [9.17, 15) is 9.18 Å². The zero-order chi connectivity index (χ0) is 22.9. The van der Waals surface area contributed by atoms with Crippen LogP contribution in [0.4, 0.5) is 4.39 Å². The standard InChI is InChI=1S/C24H20FN3O4S/c1-14-11-18(15(2)28(14)17-9-7-16(25)8-10-17)19(29)13-33-24-27-26-23(32-24)22-12-30-20-5-3-4-6-21(20)31-22/h3-11,22H,12-13H2,1-2H3/t22-/m1/s1. The molecule has 0 radical (unpaired) electrons. The molecule has 0 fully saturated rings. The quantitative estimate of drug-likeness (QED) is 0.289. The average Bonchev–Trinajstić information content (AvgIpc) is 3.42. The monoisotopic (exact) mass is 465 g/mol. The third-order valence-corrected chi connectivity index (χ3v) is 6.17. The normalized spacial score (nSPS) is 14.9. The van der Waals surface area contributed by atoms with Gasteiger partial charge in [-0.2, -0.15) is 0 Å². The van der Waals surface area contributed by atoms with Gasteiger partial charge in [-0.15, -0.1) is 10.2 Å². The summed E-state index contributed by atoms with van der Waals surface area (Å²) >= 11 is 1.17. The Hall–Kier alpha value is -3.59. The highest BCUT2D eigenvalue weighted by molar-refractivity contribution is 7.99. The van der Waals surface area contributed by atoms with E-state index in [-0.39, 0.29) is 29.2 Å². The van der Waals surface area contributed by atoms with Crippen molar-refractivity contribution in [3.8, 4) is 17.2 Å². The van der Waals surface area contributed by atoms with Crippen LogP contribution in [0.1, 0.15) is 33.7 Å². The Kier molecular flexibility index (Phi) is 5.63. The summed E-state index contributed by atoms with van der Waals surface area (Å²) in [5, 5.41) is 8.37. The smallest absolute Gasteiger partial charge is 0.277 e. The summed E-state index contributed by atoms with van der Waals surface area (Å²) in [6.07, 6.45) is -0.507. The number of rotatable bonds is 6. The van der Waals surface area contributed by atoms with Crippen molar-refractivity contribution < 1.29 is 23.1 Å². The number of ether oxygens (including phenoxy) is 2. The van der Waals surface area contributed by atoms with Crippen LogP contribution in [0.2, 0.25) is 0 Å². The van der Waals surface area contributed by atoms with Crippen LogP contribution < -0.4 is 9.47 Å². The van der Waals surface area contributed by atoms with Gasteiger partial charge in [0.15, 0.2) is 17.3 Å². The van der Waals surface area contributed by atoms with Gasteiger partial charge in [0.2, 0.25) is 6.10 Å². The van der Waals surface area contributed by atoms with Gasteiger partial charge >= 0.3 is 0 Å². The number of carbonyl (C=O) groups is 1. The van der Waals surface area contributed by atoms with Crippen molar-refractivity contribution >= 4 is 17.5 Å². The summed E-state index contributed by atoms with van der Waals surface area (Å²) in [5.41, 5.74) is 3.09. The molecule has 4 aromatic rings. The van der Waals surface area contributed by atoms with E-state index in [2.05, 4.69) is 10.2 Å². The predicted molar refractivity (Wildman–Crippen MR) is 120 cm³/mol. The molecule has 7 nitrogen and oxygen atoms in total. The Morgan fingerprint density at radius 2 is 1.88 bits per heavy atom. The van der Waals surface area contributed by atoms with Crippen molar-refractivity contribution in [3.63, 3.8) is 0 Å². The van der Waals surface area contributed by atoms with E-state index < -0.39 is 6.10 Å². The molecule has 2 aromatic heterocycles. The van der Waals surface area contributed by atoms with Crippen LogP contribution in [-0.2, 0) is 0 Å². The van der Waals surface area contributed by atoms with Gasteiger partial charge in [-0.3, -0.25) is 4.79 Å². The number of benzene rings is 2. The van der Waals surface area contributed by atoms with Gasteiger partial charge in [0.05, 0.1) is 5.75 Å². The molecule has 1 aliphatic heterocycles. The Balaban J connectivity index is 1.26. The highest BCUT2D eigenvalue weighted by atomic mass is 32.2. The maximum atomic E-state index is 13.3. The van der Waals surface area contributed by atoms with Gasteiger partial charge in [-0.25, -0.2) is 4.39 Å². The highest BCUT2D eigenvalue weighted by Crippen LogP contribution is 2.36. The predicted octanol–water partition coefficient (Wildman–Crippen LogP) is 5.10. The lowest BCUT2D eigenvalue weighted by Gasteiger charge is -2.23. The number of aromatic nitrogens is 3. The van der Waals surface area contributed by atoms with Gasteiger partial charge in [0.1, 0.15) is 12.4 Å². The molecule has 0 spiro atoms. The van der Waals surface area contributed by atoms with Crippen molar-refractivity contribution in [2.75, 3.05) is 12.4 Å². The third kappa shape index (κ3) is 4.23. The van der Waals surface area contributed by atoms with Crippen LogP contribution >= 0.6 is 11.8 Å². The molecular weight excluding hydrogens is 445 g/mol. The summed E-state index contributed by atoms with van der Waals surface area (Å²) in [7, 11) is 0. The topological polar surface area (TPSA) is 79.4 Å². The summed E-state index contributed by atoms with van der Waals surface area (Å²) < 4.78 is 32.5. The molecule has 1 atom stereocenters.